The van der Waals surface area contributed by atoms with Crippen molar-refractivity contribution in [1.29, 1.82) is 0 Å². The van der Waals surface area contributed by atoms with Crippen LogP contribution in [-0.2, 0) is 9.53 Å². The molecule has 0 saturated carbocycles. The molecule has 88 valence electrons. The molecule has 1 amide bonds. The Bertz CT molecular complexity index is 387. The van der Waals surface area contributed by atoms with Gasteiger partial charge >= 0.3 is 6.61 Å². The van der Waals surface area contributed by atoms with E-state index in [-0.39, 0.29) is 5.69 Å². The van der Waals surface area contributed by atoms with E-state index >= 15 is 0 Å². The number of amides is 1. The molecule has 0 heterocycles. The third kappa shape index (κ3) is 4.35. The van der Waals surface area contributed by atoms with Crippen molar-refractivity contribution in [2.45, 2.75) is 6.61 Å². The zero-order valence-electron chi connectivity index (χ0n) is 7.84. The van der Waals surface area contributed by atoms with Gasteiger partial charge in [-0.15, -0.1) is 0 Å². The average molecular weight is 345 g/mol. The molecule has 0 aromatic heterocycles. The van der Waals surface area contributed by atoms with Gasteiger partial charge in [0.25, 0.3) is 5.91 Å². The number of carbonyl (C=O) groups excluding carboxylic acids is 1. The van der Waals surface area contributed by atoms with Crippen molar-refractivity contribution in [3.05, 3.63) is 27.6 Å². The lowest BCUT2D eigenvalue weighted by atomic mass is 10.3. The van der Waals surface area contributed by atoms with Gasteiger partial charge in [0.2, 0.25) is 0 Å². The highest BCUT2D eigenvalue weighted by Crippen LogP contribution is 2.16. The third-order valence-corrected chi connectivity index (χ3v) is 2.42. The van der Waals surface area contributed by atoms with Crippen LogP contribution in [0.3, 0.4) is 0 Å². The van der Waals surface area contributed by atoms with E-state index in [0.29, 0.717) is 3.57 Å². The summed E-state index contributed by atoms with van der Waals surface area (Å²) in [6, 6.07) is 4.02. The number of ether oxygens (including phenoxy) is 1. The molecule has 1 aromatic carbocycles. The molecule has 0 fully saturated rings. The highest BCUT2D eigenvalue weighted by molar-refractivity contribution is 14.1. The van der Waals surface area contributed by atoms with E-state index in [1.165, 1.54) is 12.1 Å². The van der Waals surface area contributed by atoms with Crippen molar-refractivity contribution in [2.75, 3.05) is 11.9 Å². The Morgan fingerprint density at radius 3 is 2.75 bits per heavy atom. The minimum Gasteiger partial charge on any atom is -0.324 e. The van der Waals surface area contributed by atoms with Gasteiger partial charge in [0.15, 0.2) is 0 Å². The molecule has 0 aliphatic rings. The number of nitrogens with one attached hydrogen (secondary N) is 1. The van der Waals surface area contributed by atoms with Crippen molar-refractivity contribution in [2.24, 2.45) is 0 Å². The molecule has 0 spiro atoms. The Labute approximate surface area is 103 Å². The first-order valence-corrected chi connectivity index (χ1v) is 5.21. The Hall–Kier alpha value is -0.830. The predicted molar refractivity (Wildman–Crippen MR) is 59.7 cm³/mol. The van der Waals surface area contributed by atoms with Gasteiger partial charge in [-0.3, -0.25) is 4.79 Å². The quantitative estimate of drug-likeness (QED) is 0.852. The maximum atomic E-state index is 13.0. The average Bonchev–Trinajstić information content (AvgIpc) is 2.21. The fourth-order valence-corrected chi connectivity index (χ4v) is 1.25. The third-order valence-electron chi connectivity index (χ3n) is 1.54. The SMILES string of the molecule is O=C(COC(F)F)Nc1ccc(I)c(F)c1. The standard InChI is InChI=1S/C9H7F3INO2/c10-6-3-5(1-2-7(6)13)14-8(15)4-16-9(11)12/h1-3,9H,4H2,(H,14,15). The van der Waals surface area contributed by atoms with Crippen LogP contribution in [0.2, 0.25) is 0 Å². The zero-order valence-corrected chi connectivity index (χ0v) is 10.0. The molecule has 0 bridgehead atoms. The van der Waals surface area contributed by atoms with E-state index in [1.54, 1.807) is 22.6 Å². The second-order valence-corrected chi connectivity index (χ2v) is 3.91. The van der Waals surface area contributed by atoms with Crippen LogP contribution >= 0.6 is 22.6 Å². The number of alkyl halides is 2. The first-order chi connectivity index (χ1) is 7.49. The molecule has 7 heteroatoms. The Morgan fingerprint density at radius 2 is 2.19 bits per heavy atom. The van der Waals surface area contributed by atoms with Crippen molar-refractivity contribution >= 4 is 34.2 Å². The topological polar surface area (TPSA) is 38.3 Å². The van der Waals surface area contributed by atoms with E-state index in [9.17, 15) is 18.0 Å². The zero-order chi connectivity index (χ0) is 12.1. The molecule has 0 aliphatic heterocycles. The summed E-state index contributed by atoms with van der Waals surface area (Å²) in [6.07, 6.45) is 0. The minimum absolute atomic E-state index is 0.195. The fourth-order valence-electron chi connectivity index (χ4n) is 0.910. The van der Waals surface area contributed by atoms with Gasteiger partial charge in [-0.2, -0.15) is 8.78 Å². The molecule has 16 heavy (non-hydrogen) atoms. The van der Waals surface area contributed by atoms with Gasteiger partial charge in [0, 0.05) is 9.26 Å². The summed E-state index contributed by atoms with van der Waals surface area (Å²) in [5, 5.41) is 2.22. The second-order valence-electron chi connectivity index (χ2n) is 2.75. The summed E-state index contributed by atoms with van der Waals surface area (Å²) in [5.41, 5.74) is 0.195. The number of rotatable bonds is 4. The lowest BCUT2D eigenvalue weighted by Crippen LogP contribution is -2.20. The summed E-state index contributed by atoms with van der Waals surface area (Å²) in [4.78, 5) is 11.0. The van der Waals surface area contributed by atoms with Gasteiger partial charge in [-0.1, -0.05) is 0 Å². The van der Waals surface area contributed by atoms with Crippen LogP contribution in [0.4, 0.5) is 18.9 Å². The molecule has 0 unspecified atom stereocenters. The molecular weight excluding hydrogens is 338 g/mol. The van der Waals surface area contributed by atoms with Crippen LogP contribution in [0.25, 0.3) is 0 Å². The van der Waals surface area contributed by atoms with Crippen LogP contribution in [0.1, 0.15) is 0 Å². The van der Waals surface area contributed by atoms with E-state index in [4.69, 9.17) is 0 Å². The van der Waals surface area contributed by atoms with Crippen LogP contribution in [0.5, 0.6) is 0 Å². The van der Waals surface area contributed by atoms with Crippen molar-refractivity contribution < 1.29 is 22.7 Å². The first kappa shape index (κ1) is 13.2. The Morgan fingerprint density at radius 1 is 1.50 bits per heavy atom. The lowest BCUT2D eigenvalue weighted by molar-refractivity contribution is -0.148. The van der Waals surface area contributed by atoms with Crippen molar-refractivity contribution in [3.8, 4) is 0 Å². The molecule has 1 rings (SSSR count). The summed E-state index contributed by atoms with van der Waals surface area (Å²) in [5.74, 6) is -1.26. The normalized spacial score (nSPS) is 10.6. The molecular formula is C9H7F3INO2. The summed E-state index contributed by atoms with van der Waals surface area (Å²) >= 11 is 1.79. The highest BCUT2D eigenvalue weighted by Gasteiger charge is 2.08. The van der Waals surface area contributed by atoms with Gasteiger partial charge < -0.3 is 10.1 Å². The maximum Gasteiger partial charge on any atom is 0.345 e. The number of hydrogen-bond acceptors (Lipinski definition) is 2. The summed E-state index contributed by atoms with van der Waals surface area (Å²) < 4.78 is 40.4. The van der Waals surface area contributed by atoms with Crippen LogP contribution in [-0.4, -0.2) is 19.1 Å². The monoisotopic (exact) mass is 345 g/mol. The highest BCUT2D eigenvalue weighted by atomic mass is 127. The van der Waals surface area contributed by atoms with Gasteiger partial charge in [0.1, 0.15) is 12.4 Å². The number of anilines is 1. The van der Waals surface area contributed by atoms with Crippen molar-refractivity contribution in [1.82, 2.24) is 0 Å². The van der Waals surface area contributed by atoms with E-state index in [1.807, 2.05) is 0 Å². The van der Waals surface area contributed by atoms with Gasteiger partial charge in [-0.05, 0) is 40.8 Å². The molecule has 0 radical (unpaired) electrons. The first-order valence-electron chi connectivity index (χ1n) is 4.13. The number of carbonyl (C=O) groups is 1. The maximum absolute atomic E-state index is 13.0. The van der Waals surface area contributed by atoms with E-state index in [0.717, 1.165) is 6.07 Å². The second kappa shape index (κ2) is 6.04. The molecule has 0 saturated heterocycles. The lowest BCUT2D eigenvalue weighted by Gasteiger charge is -2.06. The van der Waals surface area contributed by atoms with Gasteiger partial charge in [-0.25, -0.2) is 4.39 Å². The largest absolute Gasteiger partial charge is 0.345 e. The van der Waals surface area contributed by atoms with E-state index in [2.05, 4.69) is 10.1 Å². The molecule has 1 N–H and O–H groups in total. The molecule has 0 atom stereocenters. The Balaban J connectivity index is 2.53. The Kier molecular flexibility index (Phi) is 5.00. The molecule has 0 aliphatic carbocycles. The van der Waals surface area contributed by atoms with E-state index < -0.39 is 24.9 Å². The van der Waals surface area contributed by atoms with Gasteiger partial charge in [0.05, 0.1) is 0 Å². The number of halogens is 4. The minimum atomic E-state index is -3.00. The molecule has 1 aromatic rings. The fraction of sp³-hybridized carbons (Fsp3) is 0.222. The molecule has 3 nitrogen and oxygen atoms in total. The van der Waals surface area contributed by atoms with Crippen LogP contribution < -0.4 is 5.32 Å². The number of benzene rings is 1. The van der Waals surface area contributed by atoms with Crippen LogP contribution in [0, 0.1) is 9.39 Å². The van der Waals surface area contributed by atoms with Crippen molar-refractivity contribution in [3.63, 3.8) is 0 Å². The summed E-state index contributed by atoms with van der Waals surface area (Å²) in [6.45, 7) is -3.77. The van der Waals surface area contributed by atoms with Crippen LogP contribution in [0.15, 0.2) is 18.2 Å². The number of hydrogen-bond donors (Lipinski definition) is 1. The predicted octanol–water partition coefficient (Wildman–Crippen LogP) is 2.61. The smallest absolute Gasteiger partial charge is 0.324 e. The summed E-state index contributed by atoms with van der Waals surface area (Å²) in [7, 11) is 0.